The Morgan fingerprint density at radius 3 is 2.69 bits per heavy atom. The van der Waals surface area contributed by atoms with Crippen LogP contribution in [0.3, 0.4) is 0 Å². The molecule has 2 aromatic rings. The minimum atomic E-state index is -0.0615. The molecule has 4 unspecified atom stereocenters. The van der Waals surface area contributed by atoms with Crippen molar-refractivity contribution in [3.05, 3.63) is 59.9 Å². The van der Waals surface area contributed by atoms with Crippen molar-refractivity contribution in [3.8, 4) is 0 Å². The lowest BCUT2D eigenvalue weighted by Gasteiger charge is -2.42. The highest BCUT2D eigenvalue weighted by atomic mass is 19.1. The van der Waals surface area contributed by atoms with E-state index < -0.39 is 0 Å². The van der Waals surface area contributed by atoms with Crippen molar-refractivity contribution in [1.82, 2.24) is 0 Å². The molecule has 0 bridgehead atoms. The molecule has 2 saturated carbocycles. The fourth-order valence-electron chi connectivity index (χ4n) is 6.10. The molecule has 0 radical (unpaired) electrons. The first kappa shape index (κ1) is 20.6. The van der Waals surface area contributed by atoms with Gasteiger partial charge in [-0.1, -0.05) is 56.9 Å². The van der Waals surface area contributed by atoms with Gasteiger partial charge in [0.05, 0.1) is 0 Å². The average Bonchev–Trinajstić information content (AvgIpc) is 2.75. The van der Waals surface area contributed by atoms with Crippen LogP contribution in [-0.4, -0.2) is 0 Å². The van der Waals surface area contributed by atoms with Gasteiger partial charge in [-0.05, 0) is 97.3 Å². The third-order valence-corrected chi connectivity index (χ3v) is 7.78. The molecule has 0 aliphatic heterocycles. The molecule has 0 amide bonds. The number of hydrogen-bond donors (Lipinski definition) is 0. The Morgan fingerprint density at radius 2 is 1.86 bits per heavy atom. The van der Waals surface area contributed by atoms with Gasteiger partial charge in [0, 0.05) is 5.39 Å². The second-order valence-corrected chi connectivity index (χ2v) is 9.74. The highest BCUT2D eigenvalue weighted by Crippen LogP contribution is 2.48. The zero-order chi connectivity index (χ0) is 20.2. The molecule has 0 heterocycles. The number of allylic oxidation sites excluding steroid dienone is 1. The van der Waals surface area contributed by atoms with Crippen LogP contribution in [-0.2, 0) is 6.42 Å². The van der Waals surface area contributed by atoms with E-state index in [9.17, 15) is 4.39 Å². The summed E-state index contributed by atoms with van der Waals surface area (Å²) in [6.07, 6.45) is 16.1. The first-order valence-corrected chi connectivity index (χ1v) is 12.0. The van der Waals surface area contributed by atoms with Crippen LogP contribution >= 0.6 is 0 Å². The average molecular weight is 393 g/mol. The minimum Gasteiger partial charge on any atom is -0.206 e. The Balaban J connectivity index is 1.45. The molecular formula is C28H37F. The fraction of sp³-hybridized carbons (Fsp3) is 0.571. The molecule has 0 nitrogen and oxygen atoms in total. The third-order valence-electron chi connectivity index (χ3n) is 7.78. The van der Waals surface area contributed by atoms with Crippen LogP contribution in [0.25, 0.3) is 10.8 Å². The number of halogens is 1. The molecule has 2 fully saturated rings. The predicted molar refractivity (Wildman–Crippen MR) is 123 cm³/mol. The number of unbranched alkanes of at least 4 members (excludes halogenated alkanes) is 1. The van der Waals surface area contributed by atoms with Crippen LogP contribution in [0.4, 0.5) is 4.39 Å². The Hall–Kier alpha value is -1.63. The number of hydrogen-bond acceptors (Lipinski definition) is 0. The smallest absolute Gasteiger partial charge is 0.131 e. The van der Waals surface area contributed by atoms with Crippen LogP contribution < -0.4 is 0 Å². The Morgan fingerprint density at radius 1 is 1.03 bits per heavy atom. The summed E-state index contributed by atoms with van der Waals surface area (Å²) >= 11 is 0. The highest BCUT2D eigenvalue weighted by Gasteiger charge is 2.35. The summed E-state index contributed by atoms with van der Waals surface area (Å²) in [4.78, 5) is 0. The Kier molecular flexibility index (Phi) is 6.73. The maximum Gasteiger partial charge on any atom is 0.131 e. The minimum absolute atomic E-state index is 0.0615. The van der Waals surface area contributed by atoms with Gasteiger partial charge in [-0.3, -0.25) is 0 Å². The lowest BCUT2D eigenvalue weighted by molar-refractivity contribution is 0.113. The van der Waals surface area contributed by atoms with Crippen LogP contribution in [0.1, 0.15) is 88.2 Å². The van der Waals surface area contributed by atoms with Gasteiger partial charge in [0.15, 0.2) is 0 Å². The van der Waals surface area contributed by atoms with Crippen molar-refractivity contribution < 1.29 is 4.39 Å². The number of fused-ring (bicyclic) bond motifs is 2. The molecule has 0 N–H and O–H groups in total. The topological polar surface area (TPSA) is 0 Å². The maximum atomic E-state index is 14.8. The molecule has 0 aromatic heterocycles. The summed E-state index contributed by atoms with van der Waals surface area (Å²) in [6, 6.07) is 10.5. The summed E-state index contributed by atoms with van der Waals surface area (Å²) < 4.78 is 14.8. The van der Waals surface area contributed by atoms with E-state index in [1.807, 2.05) is 6.08 Å². The van der Waals surface area contributed by atoms with E-state index in [2.05, 4.69) is 37.8 Å². The second-order valence-electron chi connectivity index (χ2n) is 9.74. The Bertz CT molecular complexity index is 836. The summed E-state index contributed by atoms with van der Waals surface area (Å²) in [7, 11) is 0. The zero-order valence-electron chi connectivity index (χ0n) is 18.1. The summed E-state index contributed by atoms with van der Waals surface area (Å²) in [5, 5.41) is 1.84. The SMILES string of the molecule is C=CCCc1cc(F)c2cc(C3CCC4CC(CCCC)CCC4C3)ccc2c1. The molecule has 29 heavy (non-hydrogen) atoms. The van der Waals surface area contributed by atoms with E-state index in [0.29, 0.717) is 5.92 Å². The van der Waals surface area contributed by atoms with Gasteiger partial charge in [-0.2, -0.15) is 0 Å². The van der Waals surface area contributed by atoms with E-state index in [0.717, 1.165) is 46.9 Å². The normalized spacial score (nSPS) is 27.0. The van der Waals surface area contributed by atoms with E-state index >= 15 is 0 Å². The first-order valence-electron chi connectivity index (χ1n) is 12.0. The lowest BCUT2D eigenvalue weighted by atomic mass is 9.63. The number of benzene rings is 2. The Labute approximate surface area is 176 Å². The molecule has 2 aromatic carbocycles. The van der Waals surface area contributed by atoms with Gasteiger partial charge in [0.25, 0.3) is 0 Å². The van der Waals surface area contributed by atoms with Crippen molar-refractivity contribution in [2.45, 2.75) is 83.5 Å². The lowest BCUT2D eigenvalue weighted by Crippen LogP contribution is -2.30. The van der Waals surface area contributed by atoms with Crippen LogP contribution in [0.2, 0.25) is 0 Å². The van der Waals surface area contributed by atoms with Crippen LogP contribution in [0.5, 0.6) is 0 Å². The van der Waals surface area contributed by atoms with E-state index in [4.69, 9.17) is 0 Å². The van der Waals surface area contributed by atoms with Gasteiger partial charge in [-0.25, -0.2) is 4.39 Å². The van der Waals surface area contributed by atoms with E-state index in [1.165, 1.54) is 63.4 Å². The monoisotopic (exact) mass is 392 g/mol. The highest BCUT2D eigenvalue weighted by molar-refractivity contribution is 5.84. The molecule has 1 heteroatoms. The molecule has 0 saturated heterocycles. The van der Waals surface area contributed by atoms with Crippen LogP contribution in [0, 0.1) is 23.6 Å². The zero-order valence-corrected chi connectivity index (χ0v) is 18.1. The summed E-state index contributed by atoms with van der Waals surface area (Å²) in [5.41, 5.74) is 2.43. The molecule has 2 aliphatic rings. The number of rotatable bonds is 7. The van der Waals surface area contributed by atoms with Crippen molar-refractivity contribution in [2.24, 2.45) is 17.8 Å². The molecular weight excluding hydrogens is 355 g/mol. The van der Waals surface area contributed by atoms with Gasteiger partial charge in [0.2, 0.25) is 0 Å². The van der Waals surface area contributed by atoms with E-state index in [1.54, 1.807) is 6.07 Å². The molecule has 2 aliphatic carbocycles. The molecule has 4 atom stereocenters. The molecule has 0 spiro atoms. The third kappa shape index (κ3) is 4.76. The quantitative estimate of drug-likeness (QED) is 0.414. The molecule has 4 rings (SSSR count). The van der Waals surface area contributed by atoms with Gasteiger partial charge >= 0.3 is 0 Å². The van der Waals surface area contributed by atoms with Crippen molar-refractivity contribution in [1.29, 1.82) is 0 Å². The van der Waals surface area contributed by atoms with Crippen LogP contribution in [0.15, 0.2) is 43.0 Å². The van der Waals surface area contributed by atoms with Crippen molar-refractivity contribution >= 4 is 10.8 Å². The van der Waals surface area contributed by atoms with Gasteiger partial charge in [-0.15, -0.1) is 6.58 Å². The van der Waals surface area contributed by atoms with Crippen molar-refractivity contribution in [3.63, 3.8) is 0 Å². The van der Waals surface area contributed by atoms with Crippen molar-refractivity contribution in [2.75, 3.05) is 0 Å². The maximum absolute atomic E-state index is 14.8. The summed E-state index contributed by atoms with van der Waals surface area (Å²) in [6.45, 7) is 6.09. The standard InChI is InChI=1S/C28H37F/c1-3-5-7-20-9-10-23-18-24(12-11-22(23)15-20)25-13-14-26-16-21(8-6-4-2)17-28(29)27(26)19-25/h4,13-14,16-17,19-20,22-24H,2-3,5-12,15,18H2,1H3. The van der Waals surface area contributed by atoms with Gasteiger partial charge < -0.3 is 0 Å². The number of aryl methyl sites for hydroxylation is 1. The second kappa shape index (κ2) is 9.45. The van der Waals surface area contributed by atoms with Gasteiger partial charge in [0.1, 0.15) is 5.82 Å². The first-order chi connectivity index (χ1) is 14.2. The molecule has 156 valence electrons. The van der Waals surface area contributed by atoms with E-state index in [-0.39, 0.29) is 5.82 Å². The summed E-state index contributed by atoms with van der Waals surface area (Å²) in [5.74, 6) is 3.39. The fourth-order valence-corrected chi connectivity index (χ4v) is 6.10. The largest absolute Gasteiger partial charge is 0.206 e. The predicted octanol–water partition coefficient (Wildman–Crippen LogP) is 8.59.